The molecule has 1 aromatic rings. The van der Waals surface area contributed by atoms with Crippen LogP contribution in [0.2, 0.25) is 0 Å². The van der Waals surface area contributed by atoms with Gasteiger partial charge in [-0.3, -0.25) is 9.89 Å². The summed E-state index contributed by atoms with van der Waals surface area (Å²) in [5.74, 6) is 0.0569. The lowest BCUT2D eigenvalue weighted by molar-refractivity contribution is -0.120. The fraction of sp³-hybridized carbons (Fsp3) is 0. The van der Waals surface area contributed by atoms with E-state index in [1.807, 2.05) is 0 Å². The van der Waals surface area contributed by atoms with Crippen LogP contribution in [-0.4, -0.2) is 16.7 Å². The molecule has 0 fully saturated rings. The Bertz CT molecular complexity index is 244. The van der Waals surface area contributed by atoms with Crippen LogP contribution >= 0.6 is 0 Å². The lowest BCUT2D eigenvalue weighted by Crippen LogP contribution is -1.87. The zero-order valence-electron chi connectivity index (χ0n) is 4.77. The van der Waals surface area contributed by atoms with E-state index in [0.717, 1.165) is 0 Å². The van der Waals surface area contributed by atoms with Gasteiger partial charge in [0.25, 0.3) is 6.47 Å². The summed E-state index contributed by atoms with van der Waals surface area (Å²) in [6.07, 6.45) is 0. The fourth-order valence-corrected chi connectivity index (χ4v) is 0.450. The third-order valence-electron chi connectivity index (χ3n) is 0.808. The second kappa shape index (κ2) is 2.72. The Morgan fingerprint density at radius 2 is 2.60 bits per heavy atom. The topological polar surface area (TPSA) is 84.4 Å². The molecule has 0 spiro atoms. The van der Waals surface area contributed by atoms with E-state index >= 15 is 0 Å². The Labute approximate surface area is 55.2 Å². The Balaban J connectivity index is 2.77. The summed E-state index contributed by atoms with van der Waals surface area (Å²) in [6.45, 7) is 0.213. The quantitative estimate of drug-likeness (QED) is 0.486. The van der Waals surface area contributed by atoms with Gasteiger partial charge in [0, 0.05) is 0 Å². The van der Waals surface area contributed by atoms with Gasteiger partial charge in [0.05, 0.1) is 6.07 Å². The molecule has 1 rings (SSSR count). The molecule has 0 unspecified atom stereocenters. The van der Waals surface area contributed by atoms with Crippen molar-refractivity contribution in [3.8, 4) is 5.88 Å². The normalized spacial score (nSPS) is 8.80. The molecule has 0 aliphatic heterocycles. The van der Waals surface area contributed by atoms with Crippen molar-refractivity contribution in [1.29, 1.82) is 0 Å². The predicted octanol–water partition coefficient (Wildman–Crippen LogP) is 0.343. The van der Waals surface area contributed by atoms with Crippen LogP contribution in [0.4, 0.5) is 5.82 Å². The minimum Gasteiger partial charge on any atom is -0.408 e. The van der Waals surface area contributed by atoms with Crippen LogP contribution in [0, 0.1) is 4.91 Å². The Hall–Kier alpha value is -1.72. The minimum atomic E-state index is 0.0249. The number of rotatable bonds is 3. The van der Waals surface area contributed by atoms with Gasteiger partial charge in [-0.1, -0.05) is 0 Å². The predicted molar refractivity (Wildman–Crippen MR) is 30.7 cm³/mol. The molecule has 0 radical (unpaired) electrons. The van der Waals surface area contributed by atoms with Crippen molar-refractivity contribution in [2.45, 2.75) is 0 Å². The molecular formula is C4H3N3O3. The summed E-state index contributed by atoms with van der Waals surface area (Å²) in [7, 11) is 0. The molecule has 0 saturated heterocycles. The van der Waals surface area contributed by atoms with E-state index in [-0.39, 0.29) is 18.2 Å². The van der Waals surface area contributed by atoms with Crippen molar-refractivity contribution in [3.63, 3.8) is 0 Å². The van der Waals surface area contributed by atoms with Crippen molar-refractivity contribution in [2.75, 3.05) is 0 Å². The van der Waals surface area contributed by atoms with Crippen LogP contribution < -0.4 is 4.74 Å². The summed E-state index contributed by atoms with van der Waals surface area (Å²) >= 11 is 0. The highest BCUT2D eigenvalue weighted by Gasteiger charge is 1.99. The highest BCUT2D eigenvalue weighted by atomic mass is 16.5. The van der Waals surface area contributed by atoms with E-state index in [4.69, 9.17) is 0 Å². The summed E-state index contributed by atoms with van der Waals surface area (Å²) < 4.78 is 4.27. The average Bonchev–Trinajstić information content (AvgIpc) is 2.37. The highest BCUT2D eigenvalue weighted by Crippen LogP contribution is 2.13. The van der Waals surface area contributed by atoms with Crippen molar-refractivity contribution in [1.82, 2.24) is 10.2 Å². The number of nitrogens with zero attached hydrogens (tertiary/aromatic N) is 2. The van der Waals surface area contributed by atoms with Gasteiger partial charge < -0.3 is 4.74 Å². The lowest BCUT2D eigenvalue weighted by atomic mass is 10.6. The second-order valence-corrected chi connectivity index (χ2v) is 1.40. The van der Waals surface area contributed by atoms with Crippen molar-refractivity contribution in [3.05, 3.63) is 11.0 Å². The number of carbonyl (C=O) groups excluding carboxylic acids is 1. The maximum absolute atomic E-state index is 9.76. The van der Waals surface area contributed by atoms with E-state index in [0.29, 0.717) is 0 Å². The molecule has 6 heteroatoms. The maximum Gasteiger partial charge on any atom is 0.299 e. The first-order chi connectivity index (χ1) is 4.86. The smallest absolute Gasteiger partial charge is 0.299 e. The number of hydrogen-bond donors (Lipinski definition) is 1. The molecule has 0 bridgehead atoms. The van der Waals surface area contributed by atoms with Gasteiger partial charge in [0.2, 0.25) is 5.88 Å². The van der Waals surface area contributed by atoms with Gasteiger partial charge in [-0.25, -0.2) is 0 Å². The molecule has 6 nitrogen and oxygen atoms in total. The molecular weight excluding hydrogens is 138 g/mol. The summed E-state index contributed by atoms with van der Waals surface area (Å²) in [5, 5.41) is 8.14. The van der Waals surface area contributed by atoms with E-state index in [1.54, 1.807) is 0 Å². The molecule has 0 aliphatic rings. The van der Waals surface area contributed by atoms with E-state index in [9.17, 15) is 9.70 Å². The molecule has 0 aliphatic carbocycles. The molecule has 10 heavy (non-hydrogen) atoms. The number of nitroso groups, excluding NO2 is 1. The molecule has 0 saturated carbocycles. The Morgan fingerprint density at radius 3 is 3.10 bits per heavy atom. The van der Waals surface area contributed by atoms with E-state index in [1.165, 1.54) is 6.07 Å². The summed E-state index contributed by atoms with van der Waals surface area (Å²) in [6, 6.07) is 1.21. The second-order valence-electron chi connectivity index (χ2n) is 1.40. The third kappa shape index (κ3) is 1.16. The molecule has 0 amide bonds. The van der Waals surface area contributed by atoms with Gasteiger partial charge in [-0.15, -0.1) is 10.0 Å². The number of hydrogen-bond acceptors (Lipinski definition) is 5. The minimum absolute atomic E-state index is 0.0249. The van der Waals surface area contributed by atoms with Crippen LogP contribution in [0.3, 0.4) is 0 Å². The monoisotopic (exact) mass is 141 g/mol. The van der Waals surface area contributed by atoms with Crippen molar-refractivity contribution < 1.29 is 9.53 Å². The number of ether oxygens (including phenoxy) is 1. The standard InChI is InChI=1S/C4H3N3O3/c8-2-10-4-1-3(7-9)5-6-4/h1-2H,(H,5,6). The number of H-pyrrole nitrogens is 1. The SMILES string of the molecule is O=COc1cc(N=O)[nH]n1. The Kier molecular flexibility index (Phi) is 1.74. The summed E-state index contributed by atoms with van der Waals surface area (Å²) in [4.78, 5) is 19.4. The lowest BCUT2D eigenvalue weighted by Gasteiger charge is -1.82. The van der Waals surface area contributed by atoms with Crippen molar-refractivity contribution >= 4 is 12.3 Å². The number of nitrogens with one attached hydrogen (secondary N) is 1. The number of aromatic amines is 1. The molecule has 0 aromatic carbocycles. The molecule has 1 heterocycles. The van der Waals surface area contributed by atoms with Gasteiger partial charge in [-0.2, -0.15) is 0 Å². The van der Waals surface area contributed by atoms with E-state index < -0.39 is 0 Å². The van der Waals surface area contributed by atoms with Gasteiger partial charge in [-0.05, 0) is 5.18 Å². The molecule has 1 N–H and O–H groups in total. The van der Waals surface area contributed by atoms with Crippen molar-refractivity contribution in [2.24, 2.45) is 5.18 Å². The summed E-state index contributed by atoms with van der Waals surface area (Å²) in [5.41, 5.74) is 0. The first-order valence-corrected chi connectivity index (χ1v) is 2.36. The van der Waals surface area contributed by atoms with Crippen LogP contribution in [0.15, 0.2) is 11.2 Å². The Morgan fingerprint density at radius 1 is 1.80 bits per heavy atom. The zero-order valence-corrected chi connectivity index (χ0v) is 4.77. The van der Waals surface area contributed by atoms with E-state index in [2.05, 4.69) is 20.1 Å². The van der Waals surface area contributed by atoms with Crippen LogP contribution in [0.1, 0.15) is 0 Å². The highest BCUT2D eigenvalue weighted by molar-refractivity contribution is 5.44. The fourth-order valence-electron chi connectivity index (χ4n) is 0.450. The molecule has 1 aromatic heterocycles. The number of aromatic nitrogens is 2. The first kappa shape index (κ1) is 6.40. The third-order valence-corrected chi connectivity index (χ3v) is 0.808. The molecule has 52 valence electrons. The van der Waals surface area contributed by atoms with Gasteiger partial charge in [0.1, 0.15) is 0 Å². The van der Waals surface area contributed by atoms with Crippen LogP contribution in [0.5, 0.6) is 5.88 Å². The maximum atomic E-state index is 9.76. The zero-order chi connectivity index (χ0) is 7.40. The number of carbonyl (C=O) groups is 1. The first-order valence-electron chi connectivity index (χ1n) is 2.36. The van der Waals surface area contributed by atoms with Crippen LogP contribution in [0.25, 0.3) is 0 Å². The van der Waals surface area contributed by atoms with Gasteiger partial charge >= 0.3 is 0 Å². The molecule has 0 atom stereocenters. The van der Waals surface area contributed by atoms with Gasteiger partial charge in [0.15, 0.2) is 5.82 Å². The average molecular weight is 141 g/mol. The van der Waals surface area contributed by atoms with Crippen LogP contribution in [-0.2, 0) is 4.79 Å². The largest absolute Gasteiger partial charge is 0.408 e.